The number of aryl methyl sites for hydroxylation is 2. The predicted molar refractivity (Wildman–Crippen MR) is 84.6 cm³/mol. The molecule has 0 spiro atoms. The van der Waals surface area contributed by atoms with E-state index in [-0.39, 0.29) is 0 Å². The summed E-state index contributed by atoms with van der Waals surface area (Å²) in [6.45, 7) is 6.42. The minimum absolute atomic E-state index is 0.366. The van der Waals surface area contributed by atoms with Crippen LogP contribution in [0.4, 0.5) is 5.82 Å². The summed E-state index contributed by atoms with van der Waals surface area (Å²) in [5, 5.41) is 4.59. The number of rotatable bonds is 2. The molecule has 2 N–H and O–H groups in total. The summed E-state index contributed by atoms with van der Waals surface area (Å²) in [5.41, 5.74) is 10.7. The van der Waals surface area contributed by atoms with Gasteiger partial charge in [-0.1, -0.05) is 32.0 Å². The van der Waals surface area contributed by atoms with Gasteiger partial charge in [0.1, 0.15) is 5.82 Å². The van der Waals surface area contributed by atoms with Crippen LogP contribution in [0.2, 0.25) is 0 Å². The molecule has 4 heteroatoms. The third kappa shape index (κ3) is 2.13. The van der Waals surface area contributed by atoms with E-state index in [2.05, 4.69) is 66.7 Å². The molecule has 3 nitrogen and oxygen atoms in total. The van der Waals surface area contributed by atoms with E-state index in [9.17, 15) is 0 Å². The van der Waals surface area contributed by atoms with Crippen LogP contribution in [0.3, 0.4) is 0 Å². The van der Waals surface area contributed by atoms with Crippen molar-refractivity contribution in [3.63, 3.8) is 0 Å². The highest BCUT2D eigenvalue weighted by molar-refractivity contribution is 14.1. The molecule has 1 aromatic heterocycles. The van der Waals surface area contributed by atoms with Gasteiger partial charge in [-0.25, -0.2) is 0 Å². The molecule has 0 aliphatic heterocycles. The predicted octanol–water partition coefficient (Wildman–Crippen LogP) is 3.71. The van der Waals surface area contributed by atoms with Crippen molar-refractivity contribution in [1.29, 1.82) is 0 Å². The van der Waals surface area contributed by atoms with Crippen LogP contribution in [0, 0.1) is 10.5 Å². The molecule has 0 atom stereocenters. The number of nitrogen functional groups attached to an aromatic ring is 1. The lowest BCUT2D eigenvalue weighted by Gasteiger charge is -2.09. The highest BCUT2D eigenvalue weighted by atomic mass is 127. The van der Waals surface area contributed by atoms with Gasteiger partial charge in [0.2, 0.25) is 0 Å². The van der Waals surface area contributed by atoms with Gasteiger partial charge in [0, 0.05) is 21.7 Å². The van der Waals surface area contributed by atoms with Gasteiger partial charge >= 0.3 is 0 Å². The number of halogens is 1. The smallest absolute Gasteiger partial charge is 0.125 e. The SMILES string of the molecule is Cc1cccc(-c2nn(C)c(N)c2C(C)C)c1I. The van der Waals surface area contributed by atoms with Gasteiger partial charge in [-0.2, -0.15) is 5.10 Å². The van der Waals surface area contributed by atoms with E-state index in [1.165, 1.54) is 14.7 Å². The zero-order valence-corrected chi connectivity index (χ0v) is 13.3. The van der Waals surface area contributed by atoms with E-state index in [0.717, 1.165) is 17.1 Å². The Morgan fingerprint density at radius 2 is 2.00 bits per heavy atom. The highest BCUT2D eigenvalue weighted by Gasteiger charge is 2.20. The molecule has 0 fully saturated rings. The molecule has 0 bridgehead atoms. The second-order valence-electron chi connectivity index (χ2n) is 4.86. The van der Waals surface area contributed by atoms with Gasteiger partial charge in [0.05, 0.1) is 5.69 Å². The van der Waals surface area contributed by atoms with E-state index in [1.54, 1.807) is 4.68 Å². The Bertz CT molecular complexity index is 585. The fraction of sp³-hybridized carbons (Fsp3) is 0.357. The highest BCUT2D eigenvalue weighted by Crippen LogP contribution is 2.35. The van der Waals surface area contributed by atoms with E-state index in [0.29, 0.717) is 5.92 Å². The molecule has 96 valence electrons. The second-order valence-corrected chi connectivity index (χ2v) is 5.94. The third-order valence-corrected chi connectivity index (χ3v) is 4.59. The standard InChI is InChI=1S/C14H18IN3/c1-8(2)11-13(17-18(4)14(11)16)10-7-5-6-9(3)12(10)15/h5-8H,16H2,1-4H3. The summed E-state index contributed by atoms with van der Waals surface area (Å²) < 4.78 is 3.01. The van der Waals surface area contributed by atoms with Crippen molar-refractivity contribution in [1.82, 2.24) is 9.78 Å². The maximum absolute atomic E-state index is 6.13. The quantitative estimate of drug-likeness (QED) is 0.835. The van der Waals surface area contributed by atoms with Crippen LogP contribution in [0.15, 0.2) is 18.2 Å². The van der Waals surface area contributed by atoms with Crippen molar-refractivity contribution in [3.05, 3.63) is 32.9 Å². The molecule has 1 heterocycles. The first-order valence-electron chi connectivity index (χ1n) is 6.01. The zero-order chi connectivity index (χ0) is 13.4. The summed E-state index contributed by atoms with van der Waals surface area (Å²) in [6, 6.07) is 6.30. The Balaban J connectivity index is 2.71. The molecule has 2 rings (SSSR count). The molecule has 0 aliphatic rings. The molecule has 0 saturated heterocycles. The summed E-state index contributed by atoms with van der Waals surface area (Å²) >= 11 is 2.38. The number of nitrogens with zero attached hydrogens (tertiary/aromatic N) is 2. The van der Waals surface area contributed by atoms with Crippen LogP contribution in [0.1, 0.15) is 30.9 Å². The summed E-state index contributed by atoms with van der Waals surface area (Å²) in [6.07, 6.45) is 0. The number of hydrogen-bond acceptors (Lipinski definition) is 2. The Labute approximate surface area is 122 Å². The Hall–Kier alpha value is -1.04. The first-order valence-corrected chi connectivity index (χ1v) is 7.09. The van der Waals surface area contributed by atoms with Gasteiger partial charge in [0.15, 0.2) is 0 Å². The van der Waals surface area contributed by atoms with Crippen LogP contribution in [-0.4, -0.2) is 9.78 Å². The maximum Gasteiger partial charge on any atom is 0.125 e. The number of hydrogen-bond donors (Lipinski definition) is 1. The van der Waals surface area contributed by atoms with Crippen molar-refractivity contribution in [2.24, 2.45) is 7.05 Å². The molecule has 0 saturated carbocycles. The lowest BCUT2D eigenvalue weighted by atomic mass is 9.98. The molecule has 0 unspecified atom stereocenters. The lowest BCUT2D eigenvalue weighted by molar-refractivity contribution is 0.779. The Kier molecular flexibility index (Phi) is 3.66. The van der Waals surface area contributed by atoms with E-state index < -0.39 is 0 Å². The van der Waals surface area contributed by atoms with Gasteiger partial charge in [-0.15, -0.1) is 0 Å². The van der Waals surface area contributed by atoms with Gasteiger partial charge in [0.25, 0.3) is 0 Å². The van der Waals surface area contributed by atoms with Crippen molar-refractivity contribution >= 4 is 28.4 Å². The van der Waals surface area contributed by atoms with Crippen LogP contribution in [0.25, 0.3) is 11.3 Å². The molecule has 2 aromatic rings. The Morgan fingerprint density at radius 3 is 2.61 bits per heavy atom. The maximum atomic E-state index is 6.13. The minimum atomic E-state index is 0.366. The number of nitrogens with two attached hydrogens (primary N) is 1. The molecule has 0 aliphatic carbocycles. The average Bonchev–Trinajstić information content (AvgIpc) is 2.59. The zero-order valence-electron chi connectivity index (χ0n) is 11.2. The summed E-state index contributed by atoms with van der Waals surface area (Å²) in [7, 11) is 1.90. The van der Waals surface area contributed by atoms with Crippen LogP contribution >= 0.6 is 22.6 Å². The molecule has 0 amide bonds. The van der Waals surface area contributed by atoms with Gasteiger partial charge < -0.3 is 5.73 Å². The van der Waals surface area contributed by atoms with Crippen LogP contribution in [0.5, 0.6) is 0 Å². The minimum Gasteiger partial charge on any atom is -0.384 e. The van der Waals surface area contributed by atoms with Crippen molar-refractivity contribution in [2.45, 2.75) is 26.7 Å². The molecule has 18 heavy (non-hydrogen) atoms. The van der Waals surface area contributed by atoms with Crippen molar-refractivity contribution in [3.8, 4) is 11.3 Å². The number of aromatic nitrogens is 2. The van der Waals surface area contributed by atoms with Crippen molar-refractivity contribution in [2.75, 3.05) is 5.73 Å². The lowest BCUT2D eigenvalue weighted by Crippen LogP contribution is -2.00. The normalized spacial score (nSPS) is 11.2. The largest absolute Gasteiger partial charge is 0.384 e. The van der Waals surface area contributed by atoms with Crippen LogP contribution in [-0.2, 0) is 7.05 Å². The van der Waals surface area contributed by atoms with E-state index in [1.807, 2.05) is 7.05 Å². The van der Waals surface area contributed by atoms with E-state index >= 15 is 0 Å². The fourth-order valence-electron chi connectivity index (χ4n) is 2.15. The molecular formula is C14H18IN3. The Morgan fingerprint density at radius 1 is 1.33 bits per heavy atom. The first kappa shape index (κ1) is 13.4. The van der Waals surface area contributed by atoms with Gasteiger partial charge in [-0.3, -0.25) is 4.68 Å². The van der Waals surface area contributed by atoms with Crippen molar-refractivity contribution < 1.29 is 0 Å². The topological polar surface area (TPSA) is 43.8 Å². The molecule has 1 aromatic carbocycles. The summed E-state index contributed by atoms with van der Waals surface area (Å²) in [4.78, 5) is 0. The fourth-order valence-corrected chi connectivity index (χ4v) is 2.77. The number of anilines is 1. The second kappa shape index (κ2) is 4.91. The average molecular weight is 355 g/mol. The molecule has 0 radical (unpaired) electrons. The number of benzene rings is 1. The van der Waals surface area contributed by atoms with Gasteiger partial charge in [-0.05, 0) is 41.0 Å². The van der Waals surface area contributed by atoms with E-state index in [4.69, 9.17) is 5.73 Å². The third-order valence-electron chi connectivity index (χ3n) is 3.15. The first-order chi connectivity index (χ1) is 8.43. The molecular weight excluding hydrogens is 337 g/mol. The summed E-state index contributed by atoms with van der Waals surface area (Å²) in [5.74, 6) is 1.13. The van der Waals surface area contributed by atoms with Crippen LogP contribution < -0.4 is 5.73 Å². The monoisotopic (exact) mass is 355 g/mol.